The van der Waals surface area contributed by atoms with Crippen LogP contribution in [0.2, 0.25) is 0 Å². The molecule has 0 amide bonds. The van der Waals surface area contributed by atoms with Crippen LogP contribution in [0.3, 0.4) is 0 Å². The molecule has 1 heterocycles. The van der Waals surface area contributed by atoms with Crippen LogP contribution in [0, 0.1) is 17.2 Å². The molecule has 0 radical (unpaired) electrons. The van der Waals surface area contributed by atoms with Crippen LogP contribution in [0.15, 0.2) is 24.3 Å². The Bertz CT molecular complexity index is 567. The van der Waals surface area contributed by atoms with Crippen molar-refractivity contribution in [2.75, 3.05) is 13.1 Å². The van der Waals surface area contributed by atoms with Crippen LogP contribution < -0.4 is 0 Å². The molecule has 1 aliphatic rings. The van der Waals surface area contributed by atoms with Crippen LogP contribution in [0.1, 0.15) is 32.3 Å². The Kier molecular flexibility index (Phi) is 4.66. The second-order valence-electron chi connectivity index (χ2n) is 7.02. The van der Waals surface area contributed by atoms with Gasteiger partial charge in [0.05, 0.1) is 0 Å². The van der Waals surface area contributed by atoms with Gasteiger partial charge in [-0.3, -0.25) is 9.69 Å². The SMILES string of the molecule is CC(C)(C)C(C(=O)O)N1CC(C=O)C(c2cccc(F)c2)C1. The summed E-state index contributed by atoms with van der Waals surface area (Å²) >= 11 is 0. The Morgan fingerprint density at radius 1 is 1.41 bits per heavy atom. The first-order valence-electron chi connectivity index (χ1n) is 7.41. The molecule has 1 aromatic carbocycles. The van der Waals surface area contributed by atoms with Crippen molar-refractivity contribution in [1.82, 2.24) is 4.90 Å². The van der Waals surface area contributed by atoms with Crippen molar-refractivity contribution in [3.05, 3.63) is 35.6 Å². The number of benzene rings is 1. The second-order valence-corrected chi connectivity index (χ2v) is 7.02. The lowest BCUT2D eigenvalue weighted by Gasteiger charge is -2.34. The number of aldehydes is 1. The van der Waals surface area contributed by atoms with Gasteiger partial charge in [-0.05, 0) is 23.1 Å². The molecule has 1 aromatic rings. The summed E-state index contributed by atoms with van der Waals surface area (Å²) in [5, 5.41) is 9.54. The summed E-state index contributed by atoms with van der Waals surface area (Å²) in [4.78, 5) is 24.9. The summed E-state index contributed by atoms with van der Waals surface area (Å²) in [6.45, 7) is 6.45. The fourth-order valence-corrected chi connectivity index (χ4v) is 3.37. The number of halogens is 1. The number of aliphatic carboxylic acids is 1. The van der Waals surface area contributed by atoms with E-state index >= 15 is 0 Å². The van der Waals surface area contributed by atoms with Gasteiger partial charge in [0.1, 0.15) is 18.1 Å². The van der Waals surface area contributed by atoms with Crippen molar-refractivity contribution in [3.8, 4) is 0 Å². The monoisotopic (exact) mass is 307 g/mol. The molecule has 1 aliphatic heterocycles. The zero-order chi connectivity index (χ0) is 16.5. The lowest BCUT2D eigenvalue weighted by Crippen LogP contribution is -2.48. The Hall–Kier alpha value is -1.75. The van der Waals surface area contributed by atoms with Crippen LogP contribution in [0.4, 0.5) is 4.39 Å². The van der Waals surface area contributed by atoms with Gasteiger partial charge >= 0.3 is 5.97 Å². The molecule has 0 bridgehead atoms. The summed E-state index contributed by atoms with van der Waals surface area (Å²) in [7, 11) is 0. The van der Waals surface area contributed by atoms with E-state index in [1.807, 2.05) is 25.7 Å². The quantitative estimate of drug-likeness (QED) is 0.869. The van der Waals surface area contributed by atoms with E-state index in [-0.39, 0.29) is 17.7 Å². The third kappa shape index (κ3) is 3.35. The van der Waals surface area contributed by atoms with Crippen LogP contribution in [-0.4, -0.2) is 41.4 Å². The minimum absolute atomic E-state index is 0.169. The molecule has 1 fully saturated rings. The molecule has 1 N–H and O–H groups in total. The fraction of sp³-hybridized carbons (Fsp3) is 0.529. The number of carbonyl (C=O) groups is 2. The molecule has 0 saturated carbocycles. The predicted molar refractivity (Wildman–Crippen MR) is 81.1 cm³/mol. The Morgan fingerprint density at radius 3 is 2.59 bits per heavy atom. The molecule has 3 unspecified atom stereocenters. The van der Waals surface area contributed by atoms with Gasteiger partial charge in [0.25, 0.3) is 0 Å². The summed E-state index contributed by atoms with van der Waals surface area (Å²) in [6.07, 6.45) is 0.858. The van der Waals surface area contributed by atoms with Crippen LogP contribution in [0.25, 0.3) is 0 Å². The van der Waals surface area contributed by atoms with Crippen molar-refractivity contribution in [2.45, 2.75) is 32.7 Å². The van der Waals surface area contributed by atoms with E-state index in [4.69, 9.17) is 0 Å². The Labute approximate surface area is 129 Å². The maximum absolute atomic E-state index is 13.4. The van der Waals surface area contributed by atoms with Crippen molar-refractivity contribution < 1.29 is 19.1 Å². The minimum Gasteiger partial charge on any atom is -0.480 e. The van der Waals surface area contributed by atoms with Crippen LogP contribution in [0.5, 0.6) is 0 Å². The highest BCUT2D eigenvalue weighted by atomic mass is 19.1. The number of hydrogen-bond acceptors (Lipinski definition) is 3. The van der Waals surface area contributed by atoms with E-state index in [1.54, 1.807) is 12.1 Å². The zero-order valence-corrected chi connectivity index (χ0v) is 13.1. The van der Waals surface area contributed by atoms with Gasteiger partial charge in [-0.15, -0.1) is 0 Å². The summed E-state index contributed by atoms with van der Waals surface area (Å²) in [6, 6.07) is 5.53. The molecule has 0 aromatic heterocycles. The molecular formula is C17H22FNO3. The number of carboxylic acids is 1. The van der Waals surface area contributed by atoms with Gasteiger partial charge in [-0.25, -0.2) is 4.39 Å². The average Bonchev–Trinajstić information content (AvgIpc) is 2.80. The Morgan fingerprint density at radius 2 is 2.09 bits per heavy atom. The smallest absolute Gasteiger partial charge is 0.321 e. The first-order valence-corrected chi connectivity index (χ1v) is 7.41. The first kappa shape index (κ1) is 16.6. The van der Waals surface area contributed by atoms with E-state index in [1.165, 1.54) is 12.1 Å². The average molecular weight is 307 g/mol. The number of nitrogens with zero attached hydrogens (tertiary/aromatic N) is 1. The lowest BCUT2D eigenvalue weighted by atomic mass is 9.85. The number of rotatable bonds is 4. The van der Waals surface area contributed by atoms with Crippen LogP contribution >= 0.6 is 0 Å². The predicted octanol–water partition coefficient (Wildman–Crippen LogP) is 2.54. The zero-order valence-electron chi connectivity index (χ0n) is 13.1. The van der Waals surface area contributed by atoms with Crippen molar-refractivity contribution in [1.29, 1.82) is 0 Å². The summed E-state index contributed by atoms with van der Waals surface area (Å²) in [5.74, 6) is -1.72. The van der Waals surface area contributed by atoms with Gasteiger partial charge < -0.3 is 9.90 Å². The minimum atomic E-state index is -0.892. The first-order chi connectivity index (χ1) is 10.2. The summed E-state index contributed by atoms with van der Waals surface area (Å²) in [5.41, 5.74) is 0.300. The van der Waals surface area contributed by atoms with Gasteiger partial charge in [0, 0.05) is 24.9 Å². The number of hydrogen-bond donors (Lipinski definition) is 1. The number of likely N-dealkylation sites (tertiary alicyclic amines) is 1. The molecule has 120 valence electrons. The maximum atomic E-state index is 13.4. The van der Waals surface area contributed by atoms with E-state index < -0.39 is 17.4 Å². The van der Waals surface area contributed by atoms with E-state index in [2.05, 4.69) is 0 Å². The lowest BCUT2D eigenvalue weighted by molar-refractivity contribution is -0.147. The highest BCUT2D eigenvalue weighted by Crippen LogP contribution is 2.36. The largest absolute Gasteiger partial charge is 0.480 e. The van der Waals surface area contributed by atoms with Crippen molar-refractivity contribution >= 4 is 12.3 Å². The highest BCUT2D eigenvalue weighted by Gasteiger charge is 2.43. The van der Waals surface area contributed by atoms with Crippen molar-refractivity contribution in [3.63, 3.8) is 0 Å². The van der Waals surface area contributed by atoms with Gasteiger partial charge in [0.15, 0.2) is 0 Å². The molecule has 4 nitrogen and oxygen atoms in total. The Balaban J connectivity index is 2.29. The second kappa shape index (κ2) is 6.16. The van der Waals surface area contributed by atoms with Gasteiger partial charge in [-0.1, -0.05) is 32.9 Å². The standard InChI is InChI=1S/C17H22FNO3/c1-17(2,3)15(16(21)22)19-8-12(10-20)14(9-19)11-5-4-6-13(18)7-11/h4-7,10,12,14-15H,8-9H2,1-3H3,(H,21,22). The molecule has 1 saturated heterocycles. The highest BCUT2D eigenvalue weighted by molar-refractivity contribution is 5.75. The molecular weight excluding hydrogens is 285 g/mol. The number of carboxylic acid groups (broad SMARTS) is 1. The van der Waals surface area contributed by atoms with Gasteiger partial charge in [0.2, 0.25) is 0 Å². The van der Waals surface area contributed by atoms with Crippen molar-refractivity contribution in [2.24, 2.45) is 11.3 Å². The van der Waals surface area contributed by atoms with E-state index in [0.717, 1.165) is 11.8 Å². The van der Waals surface area contributed by atoms with E-state index in [0.29, 0.717) is 13.1 Å². The summed E-state index contributed by atoms with van der Waals surface area (Å²) < 4.78 is 13.4. The molecule has 22 heavy (non-hydrogen) atoms. The molecule has 2 rings (SSSR count). The third-order valence-corrected chi connectivity index (χ3v) is 4.26. The number of carbonyl (C=O) groups excluding carboxylic acids is 1. The molecule has 0 spiro atoms. The van der Waals surface area contributed by atoms with E-state index in [9.17, 15) is 19.1 Å². The topological polar surface area (TPSA) is 57.6 Å². The molecule has 0 aliphatic carbocycles. The maximum Gasteiger partial charge on any atom is 0.321 e. The third-order valence-electron chi connectivity index (χ3n) is 4.26. The molecule has 5 heteroatoms. The van der Waals surface area contributed by atoms with Crippen LogP contribution in [-0.2, 0) is 9.59 Å². The van der Waals surface area contributed by atoms with Gasteiger partial charge in [-0.2, -0.15) is 0 Å². The molecule has 3 atom stereocenters. The fourth-order valence-electron chi connectivity index (χ4n) is 3.37. The normalized spacial score (nSPS) is 24.2.